The monoisotopic (exact) mass is 663 g/mol. The van der Waals surface area contributed by atoms with Crippen molar-refractivity contribution in [2.45, 2.75) is 56.0 Å². The summed E-state index contributed by atoms with van der Waals surface area (Å²) in [7, 11) is 3.17. The summed E-state index contributed by atoms with van der Waals surface area (Å²) in [5.74, 6) is -0.500. The van der Waals surface area contributed by atoms with Crippen molar-refractivity contribution in [1.82, 2.24) is 41.5 Å². The fourth-order valence-corrected chi connectivity index (χ4v) is 7.35. The van der Waals surface area contributed by atoms with E-state index in [0.29, 0.717) is 55.6 Å². The molecule has 0 bridgehead atoms. The molecule has 12 nitrogen and oxygen atoms in total. The second kappa shape index (κ2) is 14.3. The third kappa shape index (κ3) is 6.64. The molecule has 4 aromatic rings. The summed E-state index contributed by atoms with van der Waals surface area (Å²) < 4.78 is 14.0. The number of aryl methyl sites for hydroxylation is 2. The van der Waals surface area contributed by atoms with Gasteiger partial charge in [-0.3, -0.25) is 14.4 Å². The van der Waals surface area contributed by atoms with Crippen LogP contribution in [0.1, 0.15) is 73.6 Å². The molecule has 252 valence electrons. The van der Waals surface area contributed by atoms with Crippen LogP contribution in [-0.4, -0.2) is 82.5 Å². The Labute approximate surface area is 283 Å². The van der Waals surface area contributed by atoms with Gasteiger partial charge in [-0.15, -0.1) is 5.10 Å². The number of benzene rings is 3. The Balaban J connectivity index is 1.50. The van der Waals surface area contributed by atoms with Crippen LogP contribution in [0.15, 0.2) is 60.7 Å². The molecule has 1 aliphatic carbocycles. The SMILES string of the molecule is CNC(=O)c1ccc2c(c1)CCc1cc(C(=O)NC)ccc1C2(C[C@H](Cc1ccc(F)cc1)NCC(=O)N1CCCC1C#N)c1nnn[nH]1. The number of fused-ring (bicyclic) bond motifs is 2. The number of aromatic nitrogens is 4. The molecule has 1 aromatic heterocycles. The summed E-state index contributed by atoms with van der Waals surface area (Å²) >= 11 is 0. The van der Waals surface area contributed by atoms with Gasteiger partial charge in [0, 0.05) is 37.8 Å². The minimum Gasteiger partial charge on any atom is -0.355 e. The van der Waals surface area contributed by atoms with Gasteiger partial charge in [-0.05, 0) is 113 Å². The molecule has 1 aliphatic heterocycles. The van der Waals surface area contributed by atoms with Crippen molar-refractivity contribution in [3.63, 3.8) is 0 Å². The molecule has 49 heavy (non-hydrogen) atoms. The number of carbonyl (C=O) groups is 3. The summed E-state index contributed by atoms with van der Waals surface area (Å²) in [4.78, 5) is 40.6. The van der Waals surface area contributed by atoms with E-state index in [1.54, 1.807) is 43.3 Å². The van der Waals surface area contributed by atoms with Crippen LogP contribution in [0.4, 0.5) is 4.39 Å². The molecule has 0 radical (unpaired) electrons. The lowest BCUT2D eigenvalue weighted by atomic mass is 9.67. The maximum Gasteiger partial charge on any atom is 0.251 e. The second-order valence-electron chi connectivity index (χ2n) is 12.5. The number of likely N-dealkylation sites (tertiary alicyclic amines) is 1. The average molecular weight is 664 g/mol. The number of nitrogens with one attached hydrogen (secondary N) is 4. The molecule has 3 amide bonds. The zero-order valence-electron chi connectivity index (χ0n) is 27.4. The van der Waals surface area contributed by atoms with Crippen LogP contribution < -0.4 is 16.0 Å². The van der Waals surface area contributed by atoms with E-state index < -0.39 is 17.5 Å². The van der Waals surface area contributed by atoms with Gasteiger partial charge in [-0.1, -0.05) is 24.3 Å². The first-order valence-electron chi connectivity index (χ1n) is 16.4. The maximum atomic E-state index is 14.0. The van der Waals surface area contributed by atoms with E-state index in [2.05, 4.69) is 42.6 Å². The predicted octanol–water partition coefficient (Wildman–Crippen LogP) is 2.60. The second-order valence-corrected chi connectivity index (χ2v) is 12.5. The van der Waals surface area contributed by atoms with Gasteiger partial charge in [0.2, 0.25) is 5.91 Å². The largest absolute Gasteiger partial charge is 0.355 e. The maximum absolute atomic E-state index is 14.0. The van der Waals surface area contributed by atoms with Crippen molar-refractivity contribution >= 4 is 17.7 Å². The highest BCUT2D eigenvalue weighted by Gasteiger charge is 2.46. The van der Waals surface area contributed by atoms with Crippen LogP contribution in [0.3, 0.4) is 0 Å². The smallest absolute Gasteiger partial charge is 0.251 e. The minimum absolute atomic E-state index is 0.0142. The number of rotatable bonds is 10. The Kier molecular flexibility index (Phi) is 9.77. The molecule has 4 N–H and O–H groups in total. The quantitative estimate of drug-likeness (QED) is 0.201. The lowest BCUT2D eigenvalue weighted by molar-refractivity contribution is -0.130. The van der Waals surface area contributed by atoms with E-state index in [1.165, 1.54) is 12.1 Å². The van der Waals surface area contributed by atoms with Gasteiger partial charge in [-0.2, -0.15) is 5.26 Å². The zero-order chi connectivity index (χ0) is 34.5. The standard InChI is InChI=1S/C36H38FN9O3/c1-39-33(48)25-9-13-30-23(17-25)7-8-24-18-26(34(49)40-2)10-14-31(24)36(30,35-42-44-45-43-35)19-28(16-22-5-11-27(37)12-6-22)41-21-32(47)46-15-3-4-29(46)20-38/h5-6,9-14,17-18,28-29,41H,3-4,7-8,15-16,19,21H2,1-2H3,(H,39,48)(H,40,49)(H,42,43,44,45)/t28-,29?/m0/s1. The lowest BCUT2D eigenvalue weighted by Gasteiger charge is -2.38. The molecule has 3 aromatic carbocycles. The number of tetrazole rings is 1. The highest BCUT2D eigenvalue weighted by Crippen LogP contribution is 2.47. The Morgan fingerprint density at radius 3 is 2.18 bits per heavy atom. The van der Waals surface area contributed by atoms with Gasteiger partial charge in [0.1, 0.15) is 11.9 Å². The first kappa shape index (κ1) is 33.4. The van der Waals surface area contributed by atoms with Crippen molar-refractivity contribution in [2.24, 2.45) is 0 Å². The summed E-state index contributed by atoms with van der Waals surface area (Å²) in [6, 6.07) is 18.9. The number of nitrogens with zero attached hydrogens (tertiary/aromatic N) is 5. The molecular weight excluding hydrogens is 625 g/mol. The first-order chi connectivity index (χ1) is 23.8. The van der Waals surface area contributed by atoms with Crippen molar-refractivity contribution in [3.8, 4) is 6.07 Å². The molecule has 2 atom stereocenters. The normalized spacial score (nSPS) is 16.9. The van der Waals surface area contributed by atoms with E-state index >= 15 is 0 Å². The van der Waals surface area contributed by atoms with Crippen LogP contribution in [-0.2, 0) is 29.5 Å². The number of H-pyrrole nitrogens is 1. The molecule has 1 saturated heterocycles. The van der Waals surface area contributed by atoms with Crippen molar-refractivity contribution in [1.29, 1.82) is 5.26 Å². The van der Waals surface area contributed by atoms with Crippen molar-refractivity contribution < 1.29 is 18.8 Å². The highest BCUT2D eigenvalue weighted by molar-refractivity contribution is 5.95. The number of hydrogen-bond acceptors (Lipinski definition) is 8. The van der Waals surface area contributed by atoms with Crippen molar-refractivity contribution in [2.75, 3.05) is 27.2 Å². The van der Waals surface area contributed by atoms with Gasteiger partial charge in [0.25, 0.3) is 11.8 Å². The van der Waals surface area contributed by atoms with Gasteiger partial charge >= 0.3 is 0 Å². The van der Waals surface area contributed by atoms with Crippen LogP contribution in [0, 0.1) is 17.1 Å². The molecule has 13 heteroatoms. The molecule has 1 fully saturated rings. The van der Waals surface area contributed by atoms with Gasteiger partial charge in [-0.25, -0.2) is 9.49 Å². The average Bonchev–Trinajstić information content (AvgIpc) is 3.83. The Bertz CT molecular complexity index is 1820. The molecule has 1 unspecified atom stereocenters. The summed E-state index contributed by atoms with van der Waals surface area (Å²) in [6.45, 7) is 0.511. The molecule has 2 heterocycles. The Hall–Kier alpha value is -5.48. The van der Waals surface area contributed by atoms with Crippen LogP contribution in [0.2, 0.25) is 0 Å². The Morgan fingerprint density at radius 2 is 1.63 bits per heavy atom. The van der Waals surface area contributed by atoms with E-state index in [9.17, 15) is 24.0 Å². The molecular formula is C36H38FN9O3. The summed E-state index contributed by atoms with van der Waals surface area (Å²) in [5, 5.41) is 34.0. The fourth-order valence-electron chi connectivity index (χ4n) is 7.35. The number of carbonyl (C=O) groups excluding carboxylic acids is 3. The van der Waals surface area contributed by atoms with Gasteiger partial charge < -0.3 is 20.9 Å². The molecule has 6 rings (SSSR count). The number of aromatic amines is 1. The van der Waals surface area contributed by atoms with Crippen LogP contribution in [0.25, 0.3) is 0 Å². The fraction of sp³-hybridized carbons (Fsp3) is 0.361. The lowest BCUT2D eigenvalue weighted by Crippen LogP contribution is -2.47. The van der Waals surface area contributed by atoms with Gasteiger partial charge in [0.15, 0.2) is 5.82 Å². The van der Waals surface area contributed by atoms with Crippen LogP contribution >= 0.6 is 0 Å². The topological polar surface area (TPSA) is 169 Å². The third-order valence-corrected chi connectivity index (χ3v) is 9.73. The first-order valence-corrected chi connectivity index (χ1v) is 16.4. The van der Waals surface area contributed by atoms with Crippen molar-refractivity contribution in [3.05, 3.63) is 111 Å². The minimum atomic E-state index is -1.03. The third-order valence-electron chi connectivity index (χ3n) is 9.73. The van der Waals surface area contributed by atoms with E-state index in [-0.39, 0.29) is 30.1 Å². The van der Waals surface area contributed by atoms with Crippen LogP contribution in [0.5, 0.6) is 0 Å². The molecule has 2 aliphatic rings. The van der Waals surface area contributed by atoms with E-state index in [0.717, 1.165) is 34.2 Å². The molecule has 0 saturated carbocycles. The highest BCUT2D eigenvalue weighted by atomic mass is 19.1. The molecule has 0 spiro atoms. The van der Waals surface area contributed by atoms with E-state index in [1.807, 2.05) is 24.3 Å². The number of amides is 3. The summed E-state index contributed by atoms with van der Waals surface area (Å²) in [6.07, 6.45) is 3.34. The predicted molar refractivity (Wildman–Crippen MR) is 178 cm³/mol. The summed E-state index contributed by atoms with van der Waals surface area (Å²) in [5.41, 5.74) is 4.43. The number of hydrogen-bond donors (Lipinski definition) is 4. The number of halogens is 1. The zero-order valence-corrected chi connectivity index (χ0v) is 27.4. The number of nitriles is 1. The van der Waals surface area contributed by atoms with E-state index in [4.69, 9.17) is 0 Å². The Morgan fingerprint density at radius 1 is 1.00 bits per heavy atom. The van der Waals surface area contributed by atoms with Gasteiger partial charge in [0.05, 0.1) is 18.0 Å².